The SMILES string of the molecule is Cc1onc(-c2ccccc2)c1C(=O)N1CCC(N2CCOC2=O)CC1. The van der Waals surface area contributed by atoms with Crippen molar-refractivity contribution >= 4 is 12.0 Å². The number of likely N-dealkylation sites (tertiary alicyclic amines) is 1. The van der Waals surface area contributed by atoms with Crippen LogP contribution in [0.25, 0.3) is 11.3 Å². The van der Waals surface area contributed by atoms with E-state index in [0.717, 1.165) is 18.4 Å². The van der Waals surface area contributed by atoms with Crippen LogP contribution in [0.15, 0.2) is 34.9 Å². The highest BCUT2D eigenvalue weighted by molar-refractivity contribution is 6.00. The van der Waals surface area contributed by atoms with Crippen molar-refractivity contribution in [1.82, 2.24) is 15.0 Å². The highest BCUT2D eigenvalue weighted by Gasteiger charge is 2.34. The molecule has 2 saturated heterocycles. The Morgan fingerprint density at radius 3 is 2.54 bits per heavy atom. The molecule has 0 radical (unpaired) electrons. The van der Waals surface area contributed by atoms with Gasteiger partial charge in [0.25, 0.3) is 5.91 Å². The second-order valence-corrected chi connectivity index (χ2v) is 6.66. The summed E-state index contributed by atoms with van der Waals surface area (Å²) in [6.07, 6.45) is 1.27. The fourth-order valence-corrected chi connectivity index (χ4v) is 3.69. The Balaban J connectivity index is 1.49. The van der Waals surface area contributed by atoms with Gasteiger partial charge in [0.15, 0.2) is 0 Å². The second-order valence-electron chi connectivity index (χ2n) is 6.66. The largest absolute Gasteiger partial charge is 0.448 e. The van der Waals surface area contributed by atoms with Gasteiger partial charge in [-0.25, -0.2) is 4.79 Å². The lowest BCUT2D eigenvalue weighted by atomic mass is 10.0. The number of ether oxygens (including phenoxy) is 1. The number of cyclic esters (lactones) is 1. The van der Waals surface area contributed by atoms with E-state index in [1.54, 1.807) is 11.8 Å². The summed E-state index contributed by atoms with van der Waals surface area (Å²) in [5, 5.41) is 4.10. The molecule has 2 fully saturated rings. The number of hydrogen-bond acceptors (Lipinski definition) is 5. The lowest BCUT2D eigenvalue weighted by Gasteiger charge is -2.35. The maximum Gasteiger partial charge on any atom is 0.410 e. The average molecular weight is 355 g/mol. The minimum atomic E-state index is -0.240. The fraction of sp³-hybridized carbons (Fsp3) is 0.421. The second kappa shape index (κ2) is 6.82. The van der Waals surface area contributed by atoms with E-state index in [-0.39, 0.29) is 18.0 Å². The molecule has 0 atom stereocenters. The van der Waals surface area contributed by atoms with Crippen molar-refractivity contribution in [2.24, 2.45) is 0 Å². The number of hydrogen-bond donors (Lipinski definition) is 0. The number of piperidine rings is 1. The normalized spacial score (nSPS) is 18.3. The number of carbonyl (C=O) groups is 2. The van der Waals surface area contributed by atoms with Crippen molar-refractivity contribution in [3.63, 3.8) is 0 Å². The van der Waals surface area contributed by atoms with E-state index in [0.29, 0.717) is 43.3 Å². The lowest BCUT2D eigenvalue weighted by Crippen LogP contribution is -2.47. The monoisotopic (exact) mass is 355 g/mol. The van der Waals surface area contributed by atoms with Crippen LogP contribution in [0.2, 0.25) is 0 Å². The number of aromatic nitrogens is 1. The number of amides is 2. The summed E-state index contributed by atoms with van der Waals surface area (Å²) in [6.45, 7) is 4.07. The maximum absolute atomic E-state index is 13.1. The van der Waals surface area contributed by atoms with E-state index < -0.39 is 0 Å². The van der Waals surface area contributed by atoms with Gasteiger partial charge in [-0.05, 0) is 19.8 Å². The lowest BCUT2D eigenvalue weighted by molar-refractivity contribution is 0.0657. The van der Waals surface area contributed by atoms with E-state index in [1.807, 2.05) is 35.2 Å². The van der Waals surface area contributed by atoms with E-state index >= 15 is 0 Å². The van der Waals surface area contributed by atoms with Crippen molar-refractivity contribution in [1.29, 1.82) is 0 Å². The van der Waals surface area contributed by atoms with Crippen molar-refractivity contribution in [2.75, 3.05) is 26.2 Å². The highest BCUT2D eigenvalue weighted by atomic mass is 16.6. The minimum absolute atomic E-state index is 0.0648. The minimum Gasteiger partial charge on any atom is -0.448 e. The molecular formula is C19H21N3O4. The first-order valence-electron chi connectivity index (χ1n) is 8.89. The Hall–Kier alpha value is -2.83. The van der Waals surface area contributed by atoms with Gasteiger partial charge in [0, 0.05) is 24.7 Å². The molecule has 1 aromatic heterocycles. The van der Waals surface area contributed by atoms with Crippen molar-refractivity contribution < 1.29 is 18.8 Å². The third kappa shape index (κ3) is 2.94. The highest BCUT2D eigenvalue weighted by Crippen LogP contribution is 2.28. The number of rotatable bonds is 3. The van der Waals surface area contributed by atoms with Crippen LogP contribution in [0.3, 0.4) is 0 Å². The van der Waals surface area contributed by atoms with Gasteiger partial charge in [-0.2, -0.15) is 0 Å². The first-order chi connectivity index (χ1) is 12.6. The molecule has 0 bridgehead atoms. The Morgan fingerprint density at radius 2 is 1.88 bits per heavy atom. The van der Waals surface area contributed by atoms with Gasteiger partial charge in [-0.3, -0.25) is 4.79 Å². The predicted molar refractivity (Wildman–Crippen MR) is 93.7 cm³/mol. The first kappa shape index (κ1) is 16.6. The quantitative estimate of drug-likeness (QED) is 0.846. The van der Waals surface area contributed by atoms with Crippen LogP contribution in [-0.4, -0.2) is 59.2 Å². The van der Waals surface area contributed by atoms with Gasteiger partial charge in [0.1, 0.15) is 23.6 Å². The molecule has 2 aliphatic rings. The molecule has 0 aliphatic carbocycles. The summed E-state index contributed by atoms with van der Waals surface area (Å²) >= 11 is 0. The summed E-state index contributed by atoms with van der Waals surface area (Å²) in [5.74, 6) is 0.462. The molecule has 0 unspecified atom stereocenters. The van der Waals surface area contributed by atoms with Crippen LogP contribution in [-0.2, 0) is 4.74 Å². The zero-order valence-corrected chi connectivity index (χ0v) is 14.7. The predicted octanol–water partition coefficient (Wildman–Crippen LogP) is 2.71. The maximum atomic E-state index is 13.1. The molecule has 2 aromatic rings. The Morgan fingerprint density at radius 1 is 1.15 bits per heavy atom. The molecule has 1 aromatic carbocycles. The van der Waals surface area contributed by atoms with E-state index in [4.69, 9.17) is 9.26 Å². The zero-order chi connectivity index (χ0) is 18.1. The Kier molecular flexibility index (Phi) is 4.36. The van der Waals surface area contributed by atoms with Crippen LogP contribution in [0.1, 0.15) is 29.0 Å². The Labute approximate surface area is 151 Å². The van der Waals surface area contributed by atoms with Crippen LogP contribution in [0.4, 0.5) is 4.79 Å². The summed E-state index contributed by atoms with van der Waals surface area (Å²) in [4.78, 5) is 28.4. The molecule has 7 heteroatoms. The van der Waals surface area contributed by atoms with Crippen molar-refractivity contribution in [2.45, 2.75) is 25.8 Å². The molecule has 136 valence electrons. The topological polar surface area (TPSA) is 75.9 Å². The Bertz CT molecular complexity index is 809. The first-order valence-corrected chi connectivity index (χ1v) is 8.89. The summed E-state index contributed by atoms with van der Waals surface area (Å²) in [7, 11) is 0. The standard InChI is InChI=1S/C19H21N3O4/c1-13-16(17(20-26-13)14-5-3-2-4-6-14)18(23)21-9-7-15(8-10-21)22-11-12-25-19(22)24/h2-6,15H,7-12H2,1H3. The molecule has 0 N–H and O–H groups in total. The summed E-state index contributed by atoms with van der Waals surface area (Å²) < 4.78 is 10.3. The number of aryl methyl sites for hydroxylation is 1. The average Bonchev–Trinajstić information content (AvgIpc) is 3.27. The molecule has 2 amide bonds. The zero-order valence-electron chi connectivity index (χ0n) is 14.7. The van der Waals surface area contributed by atoms with Crippen LogP contribution < -0.4 is 0 Å². The van der Waals surface area contributed by atoms with E-state index in [1.165, 1.54) is 0 Å². The van der Waals surface area contributed by atoms with Gasteiger partial charge >= 0.3 is 6.09 Å². The molecule has 7 nitrogen and oxygen atoms in total. The third-order valence-electron chi connectivity index (χ3n) is 5.11. The van der Waals surface area contributed by atoms with Gasteiger partial charge in [0.05, 0.1) is 6.54 Å². The van der Waals surface area contributed by atoms with Gasteiger partial charge in [0.2, 0.25) is 0 Å². The molecular weight excluding hydrogens is 334 g/mol. The molecule has 3 heterocycles. The van der Waals surface area contributed by atoms with Crippen LogP contribution in [0, 0.1) is 6.92 Å². The number of carbonyl (C=O) groups excluding carboxylic acids is 2. The van der Waals surface area contributed by atoms with Crippen molar-refractivity contribution in [3.05, 3.63) is 41.7 Å². The van der Waals surface area contributed by atoms with Gasteiger partial charge in [-0.1, -0.05) is 35.5 Å². The number of nitrogens with zero attached hydrogens (tertiary/aromatic N) is 3. The van der Waals surface area contributed by atoms with E-state index in [2.05, 4.69) is 5.16 Å². The molecule has 0 saturated carbocycles. The summed E-state index contributed by atoms with van der Waals surface area (Å²) in [6, 6.07) is 9.72. The molecule has 0 spiro atoms. The van der Waals surface area contributed by atoms with Crippen LogP contribution in [0.5, 0.6) is 0 Å². The number of benzene rings is 1. The molecule has 4 rings (SSSR count). The van der Waals surface area contributed by atoms with Gasteiger partial charge in [-0.15, -0.1) is 0 Å². The van der Waals surface area contributed by atoms with Gasteiger partial charge < -0.3 is 19.1 Å². The summed E-state index contributed by atoms with van der Waals surface area (Å²) in [5.41, 5.74) is 1.97. The molecule has 2 aliphatic heterocycles. The van der Waals surface area contributed by atoms with Crippen LogP contribution >= 0.6 is 0 Å². The van der Waals surface area contributed by atoms with Crippen molar-refractivity contribution in [3.8, 4) is 11.3 Å². The third-order valence-corrected chi connectivity index (χ3v) is 5.11. The van der Waals surface area contributed by atoms with E-state index in [9.17, 15) is 9.59 Å². The molecule has 26 heavy (non-hydrogen) atoms. The smallest absolute Gasteiger partial charge is 0.410 e. The fourth-order valence-electron chi connectivity index (χ4n) is 3.69.